The van der Waals surface area contributed by atoms with Crippen LogP contribution in [0.1, 0.15) is 29.9 Å². The third kappa shape index (κ3) is 4.83. The van der Waals surface area contributed by atoms with Gasteiger partial charge in [0, 0.05) is 18.6 Å². The quantitative estimate of drug-likeness (QED) is 0.361. The van der Waals surface area contributed by atoms with E-state index in [1.54, 1.807) is 6.92 Å². The lowest BCUT2D eigenvalue weighted by Crippen LogP contribution is -2.26. The Morgan fingerprint density at radius 2 is 1.78 bits per heavy atom. The van der Waals surface area contributed by atoms with E-state index in [9.17, 15) is 26.3 Å². The zero-order valence-corrected chi connectivity index (χ0v) is 18.4. The first-order chi connectivity index (χ1) is 16.9. The van der Waals surface area contributed by atoms with Crippen LogP contribution in [-0.2, 0) is 6.18 Å². The van der Waals surface area contributed by atoms with Gasteiger partial charge in [-0.25, -0.2) is 19.9 Å². The molecule has 4 rings (SSSR count). The first kappa shape index (κ1) is 24.6. The Balaban J connectivity index is 1.81. The molecule has 1 atom stereocenters. The summed E-state index contributed by atoms with van der Waals surface area (Å²) in [4.78, 5) is 17.4. The van der Waals surface area contributed by atoms with Crippen LogP contribution in [0.2, 0.25) is 0 Å². The van der Waals surface area contributed by atoms with E-state index in [0.29, 0.717) is 17.2 Å². The topological polar surface area (TPSA) is 106 Å². The van der Waals surface area contributed by atoms with E-state index in [0.717, 1.165) is 12.4 Å². The van der Waals surface area contributed by atoms with Crippen molar-refractivity contribution in [2.45, 2.75) is 25.5 Å². The largest absolute Gasteiger partial charge is 0.573 e. The van der Waals surface area contributed by atoms with Crippen LogP contribution in [0.3, 0.4) is 0 Å². The minimum Gasteiger partial charge on any atom is -0.406 e. The second-order valence-corrected chi connectivity index (χ2v) is 7.44. The number of ether oxygens (including phenoxy) is 1. The number of alkyl halides is 6. The highest BCUT2D eigenvalue weighted by Gasteiger charge is 2.37. The van der Waals surface area contributed by atoms with E-state index < -0.39 is 35.4 Å². The summed E-state index contributed by atoms with van der Waals surface area (Å²) in [6.07, 6.45) is -6.79. The molecule has 36 heavy (non-hydrogen) atoms. The summed E-state index contributed by atoms with van der Waals surface area (Å²) in [5, 5.41) is 12.7. The third-order valence-corrected chi connectivity index (χ3v) is 5.19. The van der Waals surface area contributed by atoms with Crippen molar-refractivity contribution in [1.29, 1.82) is 5.26 Å². The Morgan fingerprint density at radius 3 is 2.39 bits per heavy atom. The van der Waals surface area contributed by atoms with Gasteiger partial charge in [0.15, 0.2) is 11.6 Å². The maximum atomic E-state index is 13.7. The molecule has 0 bridgehead atoms. The van der Waals surface area contributed by atoms with Gasteiger partial charge in [0.25, 0.3) is 0 Å². The summed E-state index contributed by atoms with van der Waals surface area (Å²) < 4.78 is 84.6. The second-order valence-electron chi connectivity index (χ2n) is 7.44. The highest BCUT2D eigenvalue weighted by molar-refractivity contribution is 5.93. The molecule has 0 aliphatic heterocycles. The average molecular weight is 508 g/mol. The summed E-state index contributed by atoms with van der Waals surface area (Å²) in [5.74, 6) is -0.563. The molecule has 0 aliphatic rings. The highest BCUT2D eigenvalue weighted by Crippen LogP contribution is 2.40. The summed E-state index contributed by atoms with van der Waals surface area (Å²) in [6.45, 7) is 1.64. The predicted octanol–water partition coefficient (Wildman–Crippen LogP) is 4.59. The fourth-order valence-corrected chi connectivity index (χ4v) is 3.46. The maximum Gasteiger partial charge on any atom is 0.573 e. The molecule has 0 fully saturated rings. The van der Waals surface area contributed by atoms with Gasteiger partial charge in [0.1, 0.15) is 30.3 Å². The van der Waals surface area contributed by atoms with Crippen LogP contribution < -0.4 is 9.64 Å². The minimum absolute atomic E-state index is 0.104. The van der Waals surface area contributed by atoms with Gasteiger partial charge in [-0.05, 0) is 31.2 Å². The summed E-state index contributed by atoms with van der Waals surface area (Å²) in [7, 11) is 1.47. The lowest BCUT2D eigenvalue weighted by molar-refractivity contribution is -0.274. The zero-order valence-electron chi connectivity index (χ0n) is 18.4. The van der Waals surface area contributed by atoms with Gasteiger partial charge >= 0.3 is 12.5 Å². The standard InChI is InChI=1S/C21H14F6N8O/c1-11(18-32-10-33-35(18)16-4-3-12(7-28)8-29-16)34(2)19-14-5-13(36-21(25,26)27)6-15(20(22,23)24)17(14)30-9-31-19/h3-6,8-11H,1-2H3. The first-order valence-corrected chi connectivity index (χ1v) is 10.00. The van der Waals surface area contributed by atoms with E-state index in [-0.39, 0.29) is 17.3 Å². The van der Waals surface area contributed by atoms with Crippen molar-refractivity contribution in [1.82, 2.24) is 29.7 Å². The summed E-state index contributed by atoms with van der Waals surface area (Å²) in [6, 6.07) is 5.31. The smallest absolute Gasteiger partial charge is 0.406 e. The Hall–Kier alpha value is -4.48. The summed E-state index contributed by atoms with van der Waals surface area (Å²) >= 11 is 0. The molecule has 15 heteroatoms. The Bertz CT molecular complexity index is 1440. The SMILES string of the molecule is CC(c1ncnn1-c1ccc(C#N)cn1)N(C)c1ncnc2c(C(F)(F)F)cc(OC(F)(F)F)cc12. The predicted molar refractivity (Wildman–Crippen MR) is 112 cm³/mol. The molecule has 0 N–H and O–H groups in total. The first-order valence-electron chi connectivity index (χ1n) is 10.00. The normalized spacial score (nSPS) is 12.9. The molecule has 1 aromatic carbocycles. The van der Waals surface area contributed by atoms with Gasteiger partial charge in [-0.2, -0.15) is 28.2 Å². The summed E-state index contributed by atoms with van der Waals surface area (Å²) in [5.41, 5.74) is -1.69. The van der Waals surface area contributed by atoms with Gasteiger partial charge in [0.2, 0.25) is 0 Å². The monoisotopic (exact) mass is 508 g/mol. The zero-order chi connectivity index (χ0) is 26.3. The average Bonchev–Trinajstić information content (AvgIpc) is 3.30. The van der Waals surface area contributed by atoms with Crippen LogP contribution in [0, 0.1) is 11.3 Å². The molecule has 0 aliphatic carbocycles. The van der Waals surface area contributed by atoms with Crippen LogP contribution in [0.5, 0.6) is 5.75 Å². The Labute approximate surface area is 198 Å². The van der Waals surface area contributed by atoms with Crippen molar-refractivity contribution < 1.29 is 31.1 Å². The number of hydrogen-bond donors (Lipinski definition) is 0. The molecular formula is C21H14F6N8O. The number of hydrogen-bond acceptors (Lipinski definition) is 8. The number of benzene rings is 1. The van der Waals surface area contributed by atoms with Crippen molar-refractivity contribution in [3.05, 3.63) is 60.1 Å². The van der Waals surface area contributed by atoms with Gasteiger partial charge in [-0.1, -0.05) is 0 Å². The van der Waals surface area contributed by atoms with Crippen molar-refractivity contribution >= 4 is 16.7 Å². The van der Waals surface area contributed by atoms with Crippen molar-refractivity contribution in [2.75, 3.05) is 11.9 Å². The number of fused-ring (bicyclic) bond motifs is 1. The molecule has 0 amide bonds. The molecular weight excluding hydrogens is 494 g/mol. The molecule has 0 radical (unpaired) electrons. The van der Waals surface area contributed by atoms with E-state index in [4.69, 9.17) is 5.26 Å². The van der Waals surface area contributed by atoms with E-state index in [1.807, 2.05) is 6.07 Å². The number of nitriles is 1. The van der Waals surface area contributed by atoms with Crippen LogP contribution in [0.15, 0.2) is 43.1 Å². The lowest BCUT2D eigenvalue weighted by Gasteiger charge is -2.27. The molecule has 0 saturated heterocycles. The number of anilines is 1. The fourth-order valence-electron chi connectivity index (χ4n) is 3.46. The molecule has 3 aromatic heterocycles. The molecule has 0 saturated carbocycles. The van der Waals surface area contributed by atoms with Crippen molar-refractivity contribution in [2.24, 2.45) is 0 Å². The van der Waals surface area contributed by atoms with E-state index in [2.05, 4.69) is 29.8 Å². The van der Waals surface area contributed by atoms with Crippen LogP contribution in [-0.4, -0.2) is 43.1 Å². The Kier molecular flexibility index (Phi) is 6.12. The van der Waals surface area contributed by atoms with Crippen molar-refractivity contribution in [3.63, 3.8) is 0 Å². The third-order valence-electron chi connectivity index (χ3n) is 5.19. The van der Waals surface area contributed by atoms with Crippen LogP contribution in [0.4, 0.5) is 32.2 Å². The fraction of sp³-hybridized carbons (Fsp3) is 0.238. The van der Waals surface area contributed by atoms with Crippen molar-refractivity contribution in [3.8, 4) is 17.6 Å². The number of nitrogens with zero attached hydrogens (tertiary/aromatic N) is 8. The van der Waals surface area contributed by atoms with Gasteiger partial charge in [-0.15, -0.1) is 13.2 Å². The maximum absolute atomic E-state index is 13.7. The second kappa shape index (κ2) is 8.95. The van der Waals surface area contributed by atoms with E-state index >= 15 is 0 Å². The van der Waals surface area contributed by atoms with E-state index in [1.165, 1.54) is 41.3 Å². The molecule has 4 aromatic rings. The van der Waals surface area contributed by atoms with Gasteiger partial charge < -0.3 is 9.64 Å². The molecule has 0 spiro atoms. The highest BCUT2D eigenvalue weighted by atomic mass is 19.4. The number of rotatable bonds is 5. The lowest BCUT2D eigenvalue weighted by atomic mass is 10.1. The molecule has 9 nitrogen and oxygen atoms in total. The molecule has 1 unspecified atom stereocenters. The number of pyridine rings is 1. The van der Waals surface area contributed by atoms with Crippen LogP contribution >= 0.6 is 0 Å². The minimum atomic E-state index is -5.21. The number of halogens is 6. The van der Waals surface area contributed by atoms with Gasteiger partial charge in [0.05, 0.1) is 22.7 Å². The molecule has 3 heterocycles. The number of aromatic nitrogens is 6. The Morgan fingerprint density at radius 1 is 1.03 bits per heavy atom. The van der Waals surface area contributed by atoms with Crippen LogP contribution in [0.25, 0.3) is 16.7 Å². The van der Waals surface area contributed by atoms with Gasteiger partial charge in [-0.3, -0.25) is 0 Å². The molecule has 186 valence electrons.